The Labute approximate surface area is 212 Å². The maximum atomic E-state index is 6.79. The monoisotopic (exact) mass is 490 g/mol. The summed E-state index contributed by atoms with van der Waals surface area (Å²) in [6.07, 6.45) is 7.71. The molecule has 0 aliphatic heterocycles. The minimum Gasteiger partial charge on any atom is -0.481 e. The van der Waals surface area contributed by atoms with Gasteiger partial charge in [0.25, 0.3) is 0 Å². The smallest absolute Gasteiger partial charge is 0.319 e. The number of aromatic nitrogens is 2. The van der Waals surface area contributed by atoms with Crippen molar-refractivity contribution in [2.24, 2.45) is 5.92 Å². The number of hydrogen-bond acceptors (Lipinski definition) is 5. The Morgan fingerprint density at radius 2 is 1.74 bits per heavy atom. The molecule has 0 amide bonds. The highest BCUT2D eigenvalue weighted by molar-refractivity contribution is 6.32. The predicted molar refractivity (Wildman–Crippen MR) is 138 cm³/mol. The molecule has 182 valence electrons. The van der Waals surface area contributed by atoms with Crippen molar-refractivity contribution in [2.45, 2.75) is 44.1 Å². The molecule has 5 rings (SSSR count). The zero-order valence-electron chi connectivity index (χ0n) is 20.3. The molecule has 1 heterocycles. The molecule has 1 saturated carbocycles. The van der Waals surface area contributed by atoms with Crippen LogP contribution in [0, 0.1) is 5.92 Å². The summed E-state index contributed by atoms with van der Waals surface area (Å²) >= 11 is 6.53. The number of methoxy groups -OCH3 is 2. The molecule has 0 radical (unpaired) electrons. The maximum absolute atomic E-state index is 6.79. The summed E-state index contributed by atoms with van der Waals surface area (Å²) in [7, 11) is 3.23. The topological polar surface area (TPSA) is 53.5 Å². The van der Waals surface area contributed by atoms with Crippen LogP contribution in [0.15, 0.2) is 60.7 Å². The van der Waals surface area contributed by atoms with Crippen molar-refractivity contribution >= 4 is 17.2 Å². The third kappa shape index (κ3) is 5.21. The van der Waals surface area contributed by atoms with E-state index in [9.17, 15) is 0 Å². The van der Waals surface area contributed by atoms with Crippen LogP contribution in [0.4, 0.5) is 0 Å². The normalized spacial score (nSPS) is 19.8. The number of allylic oxidation sites excluding steroid dienone is 1. The summed E-state index contributed by atoms with van der Waals surface area (Å²) in [4.78, 5) is 9.44. The molecule has 0 spiro atoms. The summed E-state index contributed by atoms with van der Waals surface area (Å²) in [5, 5.41) is 0.778. The minimum absolute atomic E-state index is 0.295. The zero-order valence-corrected chi connectivity index (χ0v) is 21.1. The van der Waals surface area contributed by atoms with Gasteiger partial charge in [-0.05, 0) is 54.4 Å². The lowest BCUT2D eigenvalue weighted by atomic mass is 9.78. The lowest BCUT2D eigenvalue weighted by molar-refractivity contribution is -0.0655. The molecule has 3 aromatic rings. The fraction of sp³-hybridized carbons (Fsp3) is 0.379. The molecule has 35 heavy (non-hydrogen) atoms. The number of benzene rings is 2. The van der Waals surface area contributed by atoms with Gasteiger partial charge in [-0.1, -0.05) is 66.2 Å². The molecule has 1 aromatic heterocycles. The van der Waals surface area contributed by atoms with E-state index in [0.29, 0.717) is 30.7 Å². The molecule has 1 atom stereocenters. The van der Waals surface area contributed by atoms with E-state index in [1.54, 1.807) is 14.2 Å². The van der Waals surface area contributed by atoms with Gasteiger partial charge < -0.3 is 14.2 Å². The van der Waals surface area contributed by atoms with Crippen LogP contribution in [0.1, 0.15) is 54.5 Å². The third-order valence-electron chi connectivity index (χ3n) is 6.97. The van der Waals surface area contributed by atoms with Crippen LogP contribution in [-0.4, -0.2) is 30.8 Å². The molecule has 2 aliphatic carbocycles. The molecule has 2 aliphatic rings. The lowest BCUT2D eigenvalue weighted by Gasteiger charge is -2.38. The highest BCUT2D eigenvalue weighted by Gasteiger charge is 2.41. The molecule has 0 saturated heterocycles. The summed E-state index contributed by atoms with van der Waals surface area (Å²) in [5.74, 6) is 1.16. The summed E-state index contributed by atoms with van der Waals surface area (Å²) in [6.45, 7) is 0.731. The molecule has 1 fully saturated rings. The van der Waals surface area contributed by atoms with Crippen LogP contribution in [-0.2, 0) is 16.8 Å². The Bertz CT molecular complexity index is 1210. The Hall–Kier alpha value is -2.89. The van der Waals surface area contributed by atoms with Gasteiger partial charge in [-0.2, -0.15) is 9.97 Å². The van der Waals surface area contributed by atoms with E-state index >= 15 is 0 Å². The van der Waals surface area contributed by atoms with Gasteiger partial charge in [-0.25, -0.2) is 0 Å². The van der Waals surface area contributed by atoms with Crippen molar-refractivity contribution in [1.29, 1.82) is 0 Å². The first-order chi connectivity index (χ1) is 17.1. The second-order valence-corrected chi connectivity index (χ2v) is 9.78. The first-order valence-corrected chi connectivity index (χ1v) is 12.6. The Balaban J connectivity index is 1.59. The van der Waals surface area contributed by atoms with Crippen molar-refractivity contribution in [1.82, 2.24) is 9.97 Å². The second kappa shape index (κ2) is 10.4. The molecular formula is C29H31ClN2O3. The van der Waals surface area contributed by atoms with Gasteiger partial charge in [0.2, 0.25) is 5.88 Å². The van der Waals surface area contributed by atoms with Crippen LogP contribution in [0.25, 0.3) is 5.57 Å². The van der Waals surface area contributed by atoms with Gasteiger partial charge in [0.15, 0.2) is 0 Å². The molecule has 2 aromatic carbocycles. The summed E-state index contributed by atoms with van der Waals surface area (Å²) in [6, 6.07) is 18.7. The Morgan fingerprint density at radius 3 is 2.40 bits per heavy atom. The Kier molecular flexibility index (Phi) is 7.07. The van der Waals surface area contributed by atoms with Crippen LogP contribution in [0.5, 0.6) is 11.9 Å². The fourth-order valence-electron chi connectivity index (χ4n) is 4.81. The summed E-state index contributed by atoms with van der Waals surface area (Å²) < 4.78 is 18.0. The van der Waals surface area contributed by atoms with Gasteiger partial charge in [0.05, 0.1) is 26.5 Å². The number of hydrogen-bond donors (Lipinski definition) is 0. The molecule has 1 unspecified atom stereocenters. The van der Waals surface area contributed by atoms with Crippen LogP contribution < -0.4 is 9.47 Å². The van der Waals surface area contributed by atoms with Crippen molar-refractivity contribution in [2.75, 3.05) is 20.8 Å². The van der Waals surface area contributed by atoms with Gasteiger partial charge in [0, 0.05) is 23.4 Å². The highest BCUT2D eigenvalue weighted by atomic mass is 35.5. The number of rotatable bonds is 9. The van der Waals surface area contributed by atoms with E-state index in [4.69, 9.17) is 30.8 Å². The Morgan fingerprint density at radius 1 is 0.971 bits per heavy atom. The predicted octanol–water partition coefficient (Wildman–Crippen LogP) is 6.63. The highest BCUT2D eigenvalue weighted by Crippen LogP contribution is 2.47. The van der Waals surface area contributed by atoms with E-state index < -0.39 is 5.60 Å². The first kappa shape index (κ1) is 23.8. The van der Waals surface area contributed by atoms with Crippen LogP contribution >= 0.6 is 11.6 Å². The van der Waals surface area contributed by atoms with Crippen molar-refractivity contribution in [3.05, 3.63) is 88.1 Å². The van der Waals surface area contributed by atoms with E-state index in [1.165, 1.54) is 24.0 Å². The van der Waals surface area contributed by atoms with Gasteiger partial charge in [-0.3, -0.25) is 0 Å². The fourth-order valence-corrected chi connectivity index (χ4v) is 5.07. The summed E-state index contributed by atoms with van der Waals surface area (Å²) in [5.41, 5.74) is 4.73. The van der Waals surface area contributed by atoms with Crippen molar-refractivity contribution in [3.63, 3.8) is 0 Å². The quantitative estimate of drug-likeness (QED) is 0.337. The maximum Gasteiger partial charge on any atom is 0.319 e. The number of ether oxygens (including phenoxy) is 3. The van der Waals surface area contributed by atoms with E-state index in [2.05, 4.69) is 29.3 Å². The SMILES string of the molecule is COc1nc(OC)c(Cc2ccccc2)c(C2(OCC3CC3)CC=C(c3ccccc3Cl)CC2)n1. The van der Waals surface area contributed by atoms with Crippen molar-refractivity contribution < 1.29 is 14.2 Å². The number of nitrogens with zero attached hydrogens (tertiary/aromatic N) is 2. The standard InChI is InChI=1S/C29H31ClN2O3/c1-33-27-24(18-20-8-4-3-5-9-20)26(31-28(32-27)34-2)29(35-19-21-12-13-21)16-14-22(15-17-29)23-10-6-7-11-25(23)30/h3-11,14,21H,12-13,15-19H2,1-2H3. The second-order valence-electron chi connectivity index (χ2n) is 9.37. The van der Waals surface area contributed by atoms with Gasteiger partial charge in [-0.15, -0.1) is 0 Å². The largest absolute Gasteiger partial charge is 0.481 e. The third-order valence-corrected chi connectivity index (χ3v) is 7.30. The molecule has 0 bridgehead atoms. The van der Waals surface area contributed by atoms with Crippen LogP contribution in [0.3, 0.4) is 0 Å². The average Bonchev–Trinajstić information content (AvgIpc) is 3.74. The molecule has 5 nitrogen and oxygen atoms in total. The van der Waals surface area contributed by atoms with E-state index in [-0.39, 0.29) is 0 Å². The van der Waals surface area contributed by atoms with Gasteiger partial charge in [0.1, 0.15) is 5.60 Å². The number of halogens is 1. The van der Waals surface area contributed by atoms with Gasteiger partial charge >= 0.3 is 6.01 Å². The average molecular weight is 491 g/mol. The van der Waals surface area contributed by atoms with E-state index in [0.717, 1.165) is 41.3 Å². The molecular weight excluding hydrogens is 460 g/mol. The van der Waals surface area contributed by atoms with E-state index in [1.807, 2.05) is 36.4 Å². The first-order valence-electron chi connectivity index (χ1n) is 12.2. The van der Waals surface area contributed by atoms with Crippen molar-refractivity contribution in [3.8, 4) is 11.9 Å². The molecule has 6 heteroatoms. The molecule has 0 N–H and O–H groups in total. The zero-order chi connectivity index (χ0) is 24.3. The van der Waals surface area contributed by atoms with Crippen LogP contribution in [0.2, 0.25) is 5.02 Å². The minimum atomic E-state index is -0.582. The lowest BCUT2D eigenvalue weighted by Crippen LogP contribution is -2.35.